The maximum Gasteiger partial charge on any atom is 0.170 e. The Kier molecular flexibility index (Phi) is 5.16. The van der Waals surface area contributed by atoms with Crippen molar-refractivity contribution in [2.45, 2.75) is 33.5 Å². The standard InChI is InChI=1S/C15H21N3O3/c1-4-7-20-13-6-5-12(9-19)14(8-13)21-10-15-17-16-11(2)18(15)3/h5-6,8,19H,4,7,9-10H2,1-3H3. The zero-order valence-corrected chi connectivity index (χ0v) is 12.7. The molecule has 0 unspecified atom stereocenters. The summed E-state index contributed by atoms with van der Waals surface area (Å²) in [4.78, 5) is 0. The lowest BCUT2D eigenvalue weighted by molar-refractivity contribution is 0.251. The molecule has 0 aliphatic heterocycles. The highest BCUT2D eigenvalue weighted by atomic mass is 16.5. The van der Waals surface area contributed by atoms with Crippen molar-refractivity contribution in [1.29, 1.82) is 0 Å². The summed E-state index contributed by atoms with van der Waals surface area (Å²) in [5.41, 5.74) is 0.720. The van der Waals surface area contributed by atoms with Crippen LogP contribution in [0.5, 0.6) is 11.5 Å². The van der Waals surface area contributed by atoms with Crippen molar-refractivity contribution >= 4 is 0 Å². The van der Waals surface area contributed by atoms with Gasteiger partial charge in [-0.15, -0.1) is 10.2 Å². The molecule has 2 rings (SSSR count). The van der Waals surface area contributed by atoms with E-state index >= 15 is 0 Å². The average molecular weight is 291 g/mol. The molecule has 0 aliphatic rings. The highest BCUT2D eigenvalue weighted by Gasteiger charge is 2.09. The van der Waals surface area contributed by atoms with Crippen molar-refractivity contribution in [3.05, 3.63) is 35.4 Å². The Morgan fingerprint density at radius 2 is 2.05 bits per heavy atom. The fourth-order valence-corrected chi connectivity index (χ4v) is 1.83. The first-order valence-electron chi connectivity index (χ1n) is 7.00. The monoisotopic (exact) mass is 291 g/mol. The second-order valence-corrected chi connectivity index (χ2v) is 4.79. The number of nitrogens with zero attached hydrogens (tertiary/aromatic N) is 3. The Morgan fingerprint density at radius 1 is 1.24 bits per heavy atom. The third kappa shape index (κ3) is 3.72. The van der Waals surface area contributed by atoms with Crippen LogP contribution in [0.4, 0.5) is 0 Å². The fourth-order valence-electron chi connectivity index (χ4n) is 1.83. The van der Waals surface area contributed by atoms with Crippen molar-refractivity contribution in [1.82, 2.24) is 14.8 Å². The number of aliphatic hydroxyl groups excluding tert-OH is 1. The quantitative estimate of drug-likeness (QED) is 0.844. The number of hydrogen-bond donors (Lipinski definition) is 1. The van der Waals surface area contributed by atoms with Crippen molar-refractivity contribution in [3.8, 4) is 11.5 Å². The molecule has 0 atom stereocenters. The lowest BCUT2D eigenvalue weighted by Crippen LogP contribution is -2.06. The summed E-state index contributed by atoms with van der Waals surface area (Å²) in [5, 5.41) is 17.4. The van der Waals surface area contributed by atoms with Gasteiger partial charge < -0.3 is 19.1 Å². The largest absolute Gasteiger partial charge is 0.493 e. The molecule has 2 aromatic rings. The van der Waals surface area contributed by atoms with E-state index in [-0.39, 0.29) is 6.61 Å². The highest BCUT2D eigenvalue weighted by Crippen LogP contribution is 2.26. The van der Waals surface area contributed by atoms with Crippen molar-refractivity contribution in [2.75, 3.05) is 6.61 Å². The summed E-state index contributed by atoms with van der Waals surface area (Å²) in [5.74, 6) is 2.90. The van der Waals surface area contributed by atoms with Crippen LogP contribution >= 0.6 is 0 Å². The molecule has 6 nitrogen and oxygen atoms in total. The van der Waals surface area contributed by atoms with Gasteiger partial charge in [-0.2, -0.15) is 0 Å². The summed E-state index contributed by atoms with van der Waals surface area (Å²) in [6.45, 7) is 4.80. The van der Waals surface area contributed by atoms with Crippen LogP contribution in [0.3, 0.4) is 0 Å². The number of aryl methyl sites for hydroxylation is 1. The molecular weight excluding hydrogens is 270 g/mol. The summed E-state index contributed by atoms with van der Waals surface area (Å²) >= 11 is 0. The SMILES string of the molecule is CCCOc1ccc(CO)c(OCc2nnc(C)n2C)c1. The molecule has 0 aliphatic carbocycles. The van der Waals surface area contributed by atoms with E-state index in [0.717, 1.165) is 29.4 Å². The first-order chi connectivity index (χ1) is 10.2. The number of aliphatic hydroxyl groups is 1. The zero-order chi connectivity index (χ0) is 15.2. The van der Waals surface area contributed by atoms with Gasteiger partial charge >= 0.3 is 0 Å². The molecule has 0 saturated heterocycles. The van der Waals surface area contributed by atoms with Gasteiger partial charge in [0, 0.05) is 18.7 Å². The lowest BCUT2D eigenvalue weighted by Gasteiger charge is -2.12. The van der Waals surface area contributed by atoms with Crippen LogP contribution in [0.2, 0.25) is 0 Å². The van der Waals surface area contributed by atoms with Crippen LogP contribution in [-0.2, 0) is 20.3 Å². The van der Waals surface area contributed by atoms with Crippen LogP contribution in [0, 0.1) is 6.92 Å². The van der Waals surface area contributed by atoms with Gasteiger partial charge in [-0.3, -0.25) is 0 Å². The number of rotatable bonds is 7. The molecule has 114 valence electrons. The average Bonchev–Trinajstić information content (AvgIpc) is 2.82. The van der Waals surface area contributed by atoms with Gasteiger partial charge in [0.2, 0.25) is 0 Å². The van der Waals surface area contributed by atoms with E-state index < -0.39 is 0 Å². The normalized spacial score (nSPS) is 10.7. The molecule has 0 fully saturated rings. The van der Waals surface area contributed by atoms with Crippen LogP contribution in [-0.4, -0.2) is 26.5 Å². The summed E-state index contributed by atoms with van der Waals surface area (Å²) in [6, 6.07) is 5.44. The summed E-state index contributed by atoms with van der Waals surface area (Å²) in [7, 11) is 1.89. The van der Waals surface area contributed by atoms with E-state index in [9.17, 15) is 5.11 Å². The van der Waals surface area contributed by atoms with Crippen LogP contribution in [0.25, 0.3) is 0 Å². The Morgan fingerprint density at radius 3 is 2.67 bits per heavy atom. The first kappa shape index (κ1) is 15.3. The molecule has 6 heteroatoms. The van der Waals surface area contributed by atoms with E-state index in [1.165, 1.54) is 0 Å². The molecule has 1 N–H and O–H groups in total. The predicted octanol–water partition coefficient (Wildman–Crippen LogP) is 1.98. The van der Waals surface area contributed by atoms with E-state index in [4.69, 9.17) is 9.47 Å². The van der Waals surface area contributed by atoms with Crippen LogP contribution in [0.15, 0.2) is 18.2 Å². The molecule has 0 bridgehead atoms. The minimum atomic E-state index is -0.0821. The predicted molar refractivity (Wildman–Crippen MR) is 78.2 cm³/mol. The highest BCUT2D eigenvalue weighted by molar-refractivity contribution is 5.40. The van der Waals surface area contributed by atoms with Crippen LogP contribution in [0.1, 0.15) is 30.6 Å². The number of ether oxygens (including phenoxy) is 2. The van der Waals surface area contributed by atoms with Gasteiger partial charge in [0.25, 0.3) is 0 Å². The Hall–Kier alpha value is -2.08. The molecule has 1 aromatic heterocycles. The van der Waals surface area contributed by atoms with E-state index in [0.29, 0.717) is 19.0 Å². The molecule has 0 radical (unpaired) electrons. The second kappa shape index (κ2) is 7.08. The van der Waals surface area contributed by atoms with Gasteiger partial charge in [0.1, 0.15) is 23.9 Å². The maximum atomic E-state index is 9.39. The number of hydrogen-bond acceptors (Lipinski definition) is 5. The molecule has 1 aromatic carbocycles. The smallest absolute Gasteiger partial charge is 0.170 e. The Balaban J connectivity index is 2.11. The minimum Gasteiger partial charge on any atom is -0.493 e. The van der Waals surface area contributed by atoms with Crippen molar-refractivity contribution in [2.24, 2.45) is 7.05 Å². The van der Waals surface area contributed by atoms with E-state index in [1.54, 1.807) is 6.07 Å². The second-order valence-electron chi connectivity index (χ2n) is 4.79. The molecule has 0 spiro atoms. The summed E-state index contributed by atoms with van der Waals surface area (Å²) < 4.78 is 13.2. The molecular formula is C15H21N3O3. The van der Waals surface area contributed by atoms with Crippen molar-refractivity contribution < 1.29 is 14.6 Å². The topological polar surface area (TPSA) is 69.4 Å². The fraction of sp³-hybridized carbons (Fsp3) is 0.467. The summed E-state index contributed by atoms with van der Waals surface area (Å²) in [6.07, 6.45) is 0.941. The first-order valence-corrected chi connectivity index (χ1v) is 7.00. The van der Waals surface area contributed by atoms with Gasteiger partial charge in [-0.25, -0.2) is 0 Å². The Bertz CT molecular complexity index is 596. The molecule has 1 heterocycles. The maximum absolute atomic E-state index is 9.39. The third-order valence-corrected chi connectivity index (χ3v) is 3.22. The Labute approximate surface area is 124 Å². The number of benzene rings is 1. The van der Waals surface area contributed by atoms with E-state index in [1.807, 2.05) is 30.7 Å². The van der Waals surface area contributed by atoms with Gasteiger partial charge in [0.15, 0.2) is 5.82 Å². The zero-order valence-electron chi connectivity index (χ0n) is 12.7. The van der Waals surface area contributed by atoms with E-state index in [2.05, 4.69) is 17.1 Å². The van der Waals surface area contributed by atoms with Gasteiger partial charge in [0.05, 0.1) is 13.2 Å². The van der Waals surface area contributed by atoms with Gasteiger partial charge in [-0.1, -0.05) is 6.92 Å². The minimum absolute atomic E-state index is 0.0821. The third-order valence-electron chi connectivity index (χ3n) is 3.22. The molecule has 0 saturated carbocycles. The van der Waals surface area contributed by atoms with Crippen molar-refractivity contribution in [3.63, 3.8) is 0 Å². The van der Waals surface area contributed by atoms with Crippen LogP contribution < -0.4 is 9.47 Å². The molecule has 0 amide bonds. The molecule has 21 heavy (non-hydrogen) atoms. The number of aromatic nitrogens is 3. The van der Waals surface area contributed by atoms with Gasteiger partial charge in [-0.05, 0) is 25.5 Å². The lowest BCUT2D eigenvalue weighted by atomic mass is 10.2.